The Morgan fingerprint density at radius 1 is 1.05 bits per heavy atom. The molecule has 0 aliphatic carbocycles. The van der Waals surface area contributed by atoms with Crippen LogP contribution in [0.1, 0.15) is 36.1 Å². The Labute approximate surface area is 133 Å². The van der Waals surface area contributed by atoms with Crippen molar-refractivity contribution in [2.24, 2.45) is 5.92 Å². The van der Waals surface area contributed by atoms with Gasteiger partial charge in [-0.25, -0.2) is 0 Å². The summed E-state index contributed by atoms with van der Waals surface area (Å²) in [6, 6.07) is 13.0. The molecule has 116 valence electrons. The monoisotopic (exact) mass is 295 g/mol. The molecule has 0 atom stereocenters. The van der Waals surface area contributed by atoms with Gasteiger partial charge in [0.25, 0.3) is 0 Å². The molecule has 0 saturated carbocycles. The molecule has 1 saturated heterocycles. The number of aromatic nitrogens is 2. The highest BCUT2D eigenvalue weighted by atomic mass is 15.3. The normalized spacial score (nSPS) is 16.0. The van der Waals surface area contributed by atoms with Crippen LogP contribution in [0.4, 0.5) is 5.82 Å². The van der Waals surface area contributed by atoms with E-state index in [-0.39, 0.29) is 0 Å². The average Bonchev–Trinajstić information content (AvgIpc) is 2.57. The molecule has 0 amide bonds. The van der Waals surface area contributed by atoms with Crippen LogP contribution in [0, 0.1) is 19.8 Å². The molecule has 0 spiro atoms. The number of hydrogen-bond acceptors (Lipinski definition) is 3. The van der Waals surface area contributed by atoms with Crippen molar-refractivity contribution >= 4 is 5.82 Å². The van der Waals surface area contributed by atoms with Crippen molar-refractivity contribution in [1.29, 1.82) is 0 Å². The second-order valence-corrected chi connectivity index (χ2v) is 6.43. The minimum atomic E-state index is 0.843. The van der Waals surface area contributed by atoms with E-state index < -0.39 is 0 Å². The van der Waals surface area contributed by atoms with Crippen LogP contribution >= 0.6 is 0 Å². The standard InChI is InChI=1S/C19H25N3/c1-15-14-19(21-20-16(15)2)22-12-10-18(11-13-22)9-8-17-6-4-3-5-7-17/h3-7,14,18H,8-13H2,1-2H3. The highest BCUT2D eigenvalue weighted by Crippen LogP contribution is 2.25. The Bertz CT molecular complexity index is 601. The van der Waals surface area contributed by atoms with Gasteiger partial charge in [-0.05, 0) is 62.6 Å². The van der Waals surface area contributed by atoms with Gasteiger partial charge in [-0.1, -0.05) is 30.3 Å². The third-order valence-corrected chi connectivity index (χ3v) is 4.84. The summed E-state index contributed by atoms with van der Waals surface area (Å²) >= 11 is 0. The minimum absolute atomic E-state index is 0.843. The minimum Gasteiger partial charge on any atom is -0.355 e. The molecule has 3 heteroatoms. The maximum atomic E-state index is 4.36. The molecule has 1 aromatic carbocycles. The van der Waals surface area contributed by atoms with E-state index in [9.17, 15) is 0 Å². The number of piperidine rings is 1. The lowest BCUT2D eigenvalue weighted by Gasteiger charge is -2.32. The number of aryl methyl sites for hydroxylation is 3. The van der Waals surface area contributed by atoms with Gasteiger partial charge >= 0.3 is 0 Å². The second kappa shape index (κ2) is 6.91. The molecule has 3 nitrogen and oxygen atoms in total. The second-order valence-electron chi connectivity index (χ2n) is 6.43. The van der Waals surface area contributed by atoms with Gasteiger partial charge in [0.05, 0.1) is 5.69 Å². The molecular formula is C19H25N3. The molecule has 1 fully saturated rings. The topological polar surface area (TPSA) is 29.0 Å². The Kier molecular flexibility index (Phi) is 4.71. The highest BCUT2D eigenvalue weighted by molar-refractivity contribution is 5.41. The van der Waals surface area contributed by atoms with Crippen molar-refractivity contribution in [3.63, 3.8) is 0 Å². The van der Waals surface area contributed by atoms with Crippen molar-refractivity contribution in [2.45, 2.75) is 39.5 Å². The van der Waals surface area contributed by atoms with Crippen molar-refractivity contribution < 1.29 is 0 Å². The van der Waals surface area contributed by atoms with Gasteiger partial charge in [0.2, 0.25) is 0 Å². The molecule has 1 aliphatic rings. The molecular weight excluding hydrogens is 270 g/mol. The summed E-state index contributed by atoms with van der Waals surface area (Å²) < 4.78 is 0. The lowest BCUT2D eigenvalue weighted by atomic mass is 9.90. The van der Waals surface area contributed by atoms with Crippen molar-refractivity contribution in [3.8, 4) is 0 Å². The van der Waals surface area contributed by atoms with E-state index in [4.69, 9.17) is 0 Å². The van der Waals surface area contributed by atoms with E-state index in [1.807, 2.05) is 6.92 Å². The molecule has 2 aromatic rings. The summed E-state index contributed by atoms with van der Waals surface area (Å²) in [5, 5.41) is 8.61. The average molecular weight is 295 g/mol. The molecule has 22 heavy (non-hydrogen) atoms. The van der Waals surface area contributed by atoms with Crippen molar-refractivity contribution in [1.82, 2.24) is 10.2 Å². The largest absolute Gasteiger partial charge is 0.355 e. The highest BCUT2D eigenvalue weighted by Gasteiger charge is 2.20. The fourth-order valence-electron chi connectivity index (χ4n) is 3.15. The van der Waals surface area contributed by atoms with E-state index in [2.05, 4.69) is 58.4 Å². The van der Waals surface area contributed by atoms with Crippen LogP contribution in [-0.2, 0) is 6.42 Å². The summed E-state index contributed by atoms with van der Waals surface area (Å²) in [6.45, 7) is 6.34. The van der Waals surface area contributed by atoms with Crippen LogP contribution in [0.2, 0.25) is 0 Å². The molecule has 1 aliphatic heterocycles. The van der Waals surface area contributed by atoms with Gasteiger partial charge in [0.1, 0.15) is 0 Å². The van der Waals surface area contributed by atoms with E-state index >= 15 is 0 Å². The maximum absolute atomic E-state index is 4.36. The van der Waals surface area contributed by atoms with Crippen LogP contribution in [0.15, 0.2) is 36.4 Å². The smallest absolute Gasteiger partial charge is 0.151 e. The first-order valence-corrected chi connectivity index (χ1v) is 8.32. The van der Waals surface area contributed by atoms with E-state index in [0.717, 1.165) is 30.5 Å². The Hall–Kier alpha value is -1.90. The fraction of sp³-hybridized carbons (Fsp3) is 0.474. The number of anilines is 1. The fourth-order valence-corrected chi connectivity index (χ4v) is 3.15. The summed E-state index contributed by atoms with van der Waals surface area (Å²) in [7, 11) is 0. The van der Waals surface area contributed by atoms with Crippen LogP contribution in [0.25, 0.3) is 0 Å². The van der Waals surface area contributed by atoms with E-state index in [0.29, 0.717) is 0 Å². The number of rotatable bonds is 4. The lowest BCUT2D eigenvalue weighted by molar-refractivity contribution is 0.380. The molecule has 2 heterocycles. The van der Waals surface area contributed by atoms with Gasteiger partial charge in [-0.2, -0.15) is 5.10 Å². The number of nitrogens with zero attached hydrogens (tertiary/aromatic N) is 3. The Morgan fingerprint density at radius 2 is 1.77 bits per heavy atom. The first-order valence-electron chi connectivity index (χ1n) is 8.32. The van der Waals surface area contributed by atoms with Crippen LogP contribution in [0.3, 0.4) is 0 Å². The Balaban J connectivity index is 1.51. The van der Waals surface area contributed by atoms with Crippen LogP contribution in [0.5, 0.6) is 0 Å². The summed E-state index contributed by atoms with van der Waals surface area (Å²) in [4.78, 5) is 2.39. The summed E-state index contributed by atoms with van der Waals surface area (Å²) in [6.07, 6.45) is 5.04. The number of hydrogen-bond donors (Lipinski definition) is 0. The zero-order valence-corrected chi connectivity index (χ0v) is 13.6. The van der Waals surface area contributed by atoms with Crippen molar-refractivity contribution in [2.75, 3.05) is 18.0 Å². The van der Waals surface area contributed by atoms with Crippen molar-refractivity contribution in [3.05, 3.63) is 53.2 Å². The number of benzene rings is 1. The maximum Gasteiger partial charge on any atom is 0.151 e. The molecule has 0 bridgehead atoms. The summed E-state index contributed by atoms with van der Waals surface area (Å²) in [5.74, 6) is 1.89. The SMILES string of the molecule is Cc1cc(N2CCC(CCc3ccccc3)CC2)nnc1C. The lowest BCUT2D eigenvalue weighted by Crippen LogP contribution is -2.34. The summed E-state index contributed by atoms with van der Waals surface area (Å²) in [5.41, 5.74) is 3.72. The van der Waals surface area contributed by atoms with Gasteiger partial charge in [-0.15, -0.1) is 5.10 Å². The van der Waals surface area contributed by atoms with E-state index in [1.165, 1.54) is 36.8 Å². The quantitative estimate of drug-likeness (QED) is 0.855. The van der Waals surface area contributed by atoms with Crippen LogP contribution < -0.4 is 4.90 Å². The molecule has 1 aromatic heterocycles. The van der Waals surface area contributed by atoms with E-state index in [1.54, 1.807) is 0 Å². The van der Waals surface area contributed by atoms with Gasteiger partial charge in [0.15, 0.2) is 5.82 Å². The first-order chi connectivity index (χ1) is 10.7. The Morgan fingerprint density at radius 3 is 2.45 bits per heavy atom. The first kappa shape index (κ1) is 15.0. The molecule has 0 N–H and O–H groups in total. The zero-order valence-electron chi connectivity index (χ0n) is 13.6. The molecule has 3 rings (SSSR count). The molecule has 0 radical (unpaired) electrons. The third kappa shape index (κ3) is 3.65. The molecule has 0 unspecified atom stereocenters. The van der Waals surface area contributed by atoms with Gasteiger partial charge in [0, 0.05) is 13.1 Å². The predicted octanol–water partition coefficient (Wildman–Crippen LogP) is 3.94. The van der Waals surface area contributed by atoms with Gasteiger partial charge in [-0.3, -0.25) is 0 Å². The zero-order chi connectivity index (χ0) is 15.4. The van der Waals surface area contributed by atoms with Crippen LogP contribution in [-0.4, -0.2) is 23.3 Å². The predicted molar refractivity (Wildman–Crippen MR) is 91.2 cm³/mol. The van der Waals surface area contributed by atoms with Gasteiger partial charge < -0.3 is 4.90 Å². The third-order valence-electron chi connectivity index (χ3n) is 4.84.